The number of aliphatic carboxylic acids is 1. The minimum absolute atomic E-state index is 0.00612. The van der Waals surface area contributed by atoms with Crippen LogP contribution in [0.3, 0.4) is 0 Å². The van der Waals surface area contributed by atoms with E-state index in [1.54, 1.807) is 28.9 Å². The number of carbonyl (C=O) groups is 1. The molecule has 3 aromatic carbocycles. The number of nitrogens with zero attached hydrogens (tertiary/aromatic N) is 2. The molecule has 0 radical (unpaired) electrons. The highest BCUT2D eigenvalue weighted by atomic mass is 35.5. The molecule has 0 aliphatic carbocycles. The minimum atomic E-state index is -0.881. The second-order valence-corrected chi connectivity index (χ2v) is 9.25. The molecule has 2 N–H and O–H groups in total. The SMILES string of the molecule is CCC(O)Cn1nc(-c2cc(CCC(=O)O)ccc2OCc2cccc(Cl)c2)cc1-c1cccc(F)c1. The summed E-state index contributed by atoms with van der Waals surface area (Å²) in [5, 5.41) is 24.8. The van der Waals surface area contributed by atoms with E-state index in [1.807, 2.05) is 43.3 Å². The first-order valence-electron chi connectivity index (χ1n) is 12.1. The van der Waals surface area contributed by atoms with Crippen LogP contribution in [0, 0.1) is 5.82 Å². The average molecular weight is 523 g/mol. The predicted octanol–water partition coefficient (Wildman–Crippen LogP) is 6.38. The second-order valence-electron chi connectivity index (χ2n) is 8.81. The van der Waals surface area contributed by atoms with E-state index in [0.29, 0.717) is 46.1 Å². The average Bonchev–Trinajstić information content (AvgIpc) is 3.30. The molecule has 37 heavy (non-hydrogen) atoms. The van der Waals surface area contributed by atoms with E-state index in [0.717, 1.165) is 11.1 Å². The summed E-state index contributed by atoms with van der Waals surface area (Å²) in [6.45, 7) is 2.39. The zero-order valence-electron chi connectivity index (χ0n) is 20.4. The number of aromatic nitrogens is 2. The molecule has 8 heteroatoms. The fraction of sp³-hybridized carbons (Fsp3) is 0.241. The predicted molar refractivity (Wildman–Crippen MR) is 141 cm³/mol. The topological polar surface area (TPSA) is 84.6 Å². The van der Waals surface area contributed by atoms with Gasteiger partial charge in [-0.15, -0.1) is 0 Å². The smallest absolute Gasteiger partial charge is 0.303 e. The molecule has 0 amide bonds. The Morgan fingerprint density at radius 1 is 1.08 bits per heavy atom. The van der Waals surface area contributed by atoms with Gasteiger partial charge in [-0.2, -0.15) is 5.10 Å². The summed E-state index contributed by atoms with van der Waals surface area (Å²) in [5.41, 5.74) is 4.24. The maximum atomic E-state index is 14.0. The van der Waals surface area contributed by atoms with Crippen molar-refractivity contribution in [1.29, 1.82) is 0 Å². The van der Waals surface area contributed by atoms with Crippen molar-refractivity contribution in [2.75, 3.05) is 0 Å². The van der Waals surface area contributed by atoms with Crippen LogP contribution in [0.1, 0.15) is 30.9 Å². The van der Waals surface area contributed by atoms with E-state index in [-0.39, 0.29) is 25.4 Å². The quantitative estimate of drug-likeness (QED) is 0.239. The van der Waals surface area contributed by atoms with Crippen molar-refractivity contribution in [3.05, 3.63) is 94.8 Å². The molecule has 0 bridgehead atoms. The maximum absolute atomic E-state index is 14.0. The molecule has 192 valence electrons. The summed E-state index contributed by atoms with van der Waals surface area (Å²) in [7, 11) is 0. The van der Waals surface area contributed by atoms with Gasteiger partial charge in [0.25, 0.3) is 0 Å². The van der Waals surface area contributed by atoms with Gasteiger partial charge in [0.2, 0.25) is 0 Å². The number of aliphatic hydroxyl groups excluding tert-OH is 1. The molecule has 1 heterocycles. The zero-order valence-corrected chi connectivity index (χ0v) is 21.2. The number of aryl methyl sites for hydroxylation is 1. The summed E-state index contributed by atoms with van der Waals surface area (Å²) in [5.74, 6) is -0.691. The Morgan fingerprint density at radius 2 is 1.89 bits per heavy atom. The van der Waals surface area contributed by atoms with Gasteiger partial charge in [-0.1, -0.05) is 48.9 Å². The van der Waals surface area contributed by atoms with Crippen LogP contribution >= 0.6 is 11.6 Å². The monoisotopic (exact) mass is 522 g/mol. The number of rotatable bonds is 11. The van der Waals surface area contributed by atoms with E-state index < -0.39 is 12.1 Å². The number of hydrogen-bond donors (Lipinski definition) is 2. The van der Waals surface area contributed by atoms with Crippen molar-refractivity contribution >= 4 is 17.6 Å². The van der Waals surface area contributed by atoms with Crippen LogP contribution < -0.4 is 4.74 Å². The Morgan fingerprint density at radius 3 is 2.62 bits per heavy atom. The number of hydrogen-bond acceptors (Lipinski definition) is 4. The van der Waals surface area contributed by atoms with Gasteiger partial charge in [0, 0.05) is 22.6 Å². The van der Waals surface area contributed by atoms with Gasteiger partial charge in [-0.3, -0.25) is 9.48 Å². The van der Waals surface area contributed by atoms with Crippen molar-refractivity contribution in [3.63, 3.8) is 0 Å². The van der Waals surface area contributed by atoms with Crippen LogP contribution in [0.15, 0.2) is 72.8 Å². The number of aliphatic hydroxyl groups is 1. The van der Waals surface area contributed by atoms with E-state index >= 15 is 0 Å². The van der Waals surface area contributed by atoms with Crippen LogP contribution in [-0.4, -0.2) is 32.1 Å². The van der Waals surface area contributed by atoms with Crippen LogP contribution in [0.2, 0.25) is 5.02 Å². The molecule has 0 aliphatic heterocycles. The summed E-state index contributed by atoms with van der Waals surface area (Å²) in [6.07, 6.45) is 0.258. The van der Waals surface area contributed by atoms with E-state index in [2.05, 4.69) is 0 Å². The first kappa shape index (κ1) is 26.4. The molecular formula is C29H28ClFN2O4. The summed E-state index contributed by atoms with van der Waals surface area (Å²) < 4.78 is 21.9. The Balaban J connectivity index is 1.76. The van der Waals surface area contributed by atoms with Gasteiger partial charge >= 0.3 is 5.97 Å². The molecule has 0 saturated heterocycles. The fourth-order valence-electron chi connectivity index (χ4n) is 3.99. The van der Waals surface area contributed by atoms with Crippen molar-refractivity contribution < 1.29 is 24.1 Å². The number of carboxylic acid groups (broad SMARTS) is 1. The van der Waals surface area contributed by atoms with E-state index in [9.17, 15) is 14.3 Å². The molecule has 6 nitrogen and oxygen atoms in total. The van der Waals surface area contributed by atoms with Gasteiger partial charge in [0.05, 0.1) is 24.0 Å². The van der Waals surface area contributed by atoms with Crippen LogP contribution in [0.4, 0.5) is 4.39 Å². The second kappa shape index (κ2) is 12.0. The molecule has 0 saturated carbocycles. The molecule has 4 aromatic rings. The number of halogens is 2. The first-order valence-corrected chi connectivity index (χ1v) is 12.4. The zero-order chi connectivity index (χ0) is 26.4. The first-order chi connectivity index (χ1) is 17.8. The van der Waals surface area contributed by atoms with Crippen LogP contribution in [0.5, 0.6) is 5.75 Å². The number of ether oxygens (including phenoxy) is 1. The van der Waals surface area contributed by atoms with Crippen molar-refractivity contribution in [3.8, 4) is 28.3 Å². The third-order valence-electron chi connectivity index (χ3n) is 5.99. The lowest BCUT2D eigenvalue weighted by Gasteiger charge is -2.13. The van der Waals surface area contributed by atoms with E-state index in [1.165, 1.54) is 12.1 Å². The Bertz CT molecular complexity index is 1390. The van der Waals surface area contributed by atoms with Gasteiger partial charge in [-0.25, -0.2) is 4.39 Å². The van der Waals surface area contributed by atoms with Gasteiger partial charge in [-0.05, 0) is 66.4 Å². The summed E-state index contributed by atoms with van der Waals surface area (Å²) in [4.78, 5) is 11.1. The highest BCUT2D eigenvalue weighted by Gasteiger charge is 2.18. The minimum Gasteiger partial charge on any atom is -0.488 e. The largest absolute Gasteiger partial charge is 0.488 e. The highest BCUT2D eigenvalue weighted by Crippen LogP contribution is 2.34. The molecule has 1 aromatic heterocycles. The lowest BCUT2D eigenvalue weighted by atomic mass is 10.0. The lowest BCUT2D eigenvalue weighted by Crippen LogP contribution is -2.16. The maximum Gasteiger partial charge on any atom is 0.303 e. The Hall–Kier alpha value is -3.68. The molecule has 4 rings (SSSR count). The summed E-state index contributed by atoms with van der Waals surface area (Å²) >= 11 is 6.11. The van der Waals surface area contributed by atoms with Crippen molar-refractivity contribution in [1.82, 2.24) is 9.78 Å². The number of benzene rings is 3. The van der Waals surface area contributed by atoms with Crippen LogP contribution in [0.25, 0.3) is 22.5 Å². The van der Waals surface area contributed by atoms with Crippen molar-refractivity contribution in [2.24, 2.45) is 0 Å². The third kappa shape index (κ3) is 6.96. The molecule has 0 fully saturated rings. The standard InChI is InChI=1S/C29H28ClFN2O4/c1-2-24(34)17-33-27(21-6-4-8-23(31)15-21)16-26(32-33)25-14-19(10-12-29(35)36)9-11-28(25)37-18-20-5-3-7-22(30)13-20/h3-9,11,13-16,24,34H,2,10,12,17-18H2,1H3,(H,35,36). The normalized spacial score (nSPS) is 11.9. The Labute approximate surface area is 219 Å². The molecule has 1 atom stereocenters. The molecule has 0 spiro atoms. The van der Waals surface area contributed by atoms with Gasteiger partial charge in [0.1, 0.15) is 18.2 Å². The van der Waals surface area contributed by atoms with Gasteiger partial charge in [0.15, 0.2) is 0 Å². The molecule has 1 unspecified atom stereocenters. The third-order valence-corrected chi connectivity index (χ3v) is 6.22. The van der Waals surface area contributed by atoms with Crippen molar-refractivity contribution in [2.45, 2.75) is 45.4 Å². The van der Waals surface area contributed by atoms with Gasteiger partial charge < -0.3 is 14.9 Å². The molecular weight excluding hydrogens is 495 g/mol. The Kier molecular flexibility index (Phi) is 8.58. The highest BCUT2D eigenvalue weighted by molar-refractivity contribution is 6.30. The molecule has 0 aliphatic rings. The number of carboxylic acids is 1. The lowest BCUT2D eigenvalue weighted by molar-refractivity contribution is -0.136. The summed E-state index contributed by atoms with van der Waals surface area (Å²) in [6, 6.07) is 20.9. The van der Waals surface area contributed by atoms with E-state index in [4.69, 9.17) is 26.5 Å². The van der Waals surface area contributed by atoms with Crippen LogP contribution in [-0.2, 0) is 24.4 Å². The fourth-order valence-corrected chi connectivity index (χ4v) is 4.21.